The van der Waals surface area contributed by atoms with Crippen molar-refractivity contribution in [2.75, 3.05) is 6.61 Å². The van der Waals surface area contributed by atoms with Gasteiger partial charge in [-0.1, -0.05) is 51.1 Å². The van der Waals surface area contributed by atoms with Crippen LogP contribution in [0.2, 0.25) is 0 Å². The SMILES string of the molecule is CCOC(=O)C[C@@H](C)[C@H](NC(=O)[C@H](NC(=O)OCc1ccccc1)C(C)C)C(N)=O. The van der Waals surface area contributed by atoms with Gasteiger partial charge in [0.15, 0.2) is 0 Å². The number of hydrogen-bond acceptors (Lipinski definition) is 6. The van der Waals surface area contributed by atoms with E-state index in [1.165, 1.54) is 0 Å². The van der Waals surface area contributed by atoms with Crippen molar-refractivity contribution in [2.45, 2.75) is 52.8 Å². The summed E-state index contributed by atoms with van der Waals surface area (Å²) < 4.78 is 10.0. The Morgan fingerprint density at radius 3 is 2.13 bits per heavy atom. The molecule has 0 unspecified atom stereocenters. The van der Waals surface area contributed by atoms with Gasteiger partial charge in [0.1, 0.15) is 18.7 Å². The lowest BCUT2D eigenvalue weighted by molar-refractivity contribution is -0.145. The van der Waals surface area contributed by atoms with Gasteiger partial charge in [-0.15, -0.1) is 0 Å². The molecule has 1 aromatic carbocycles. The molecule has 3 atom stereocenters. The molecule has 0 aliphatic heterocycles. The van der Waals surface area contributed by atoms with E-state index in [0.29, 0.717) is 0 Å². The van der Waals surface area contributed by atoms with Crippen molar-refractivity contribution in [3.63, 3.8) is 0 Å². The zero-order chi connectivity index (χ0) is 22.7. The van der Waals surface area contributed by atoms with Crippen LogP contribution in [0.3, 0.4) is 0 Å². The van der Waals surface area contributed by atoms with Gasteiger partial charge in [-0.25, -0.2) is 4.79 Å². The number of rotatable bonds is 11. The van der Waals surface area contributed by atoms with Crippen LogP contribution < -0.4 is 16.4 Å². The largest absolute Gasteiger partial charge is 0.466 e. The average molecular weight is 421 g/mol. The van der Waals surface area contributed by atoms with Crippen molar-refractivity contribution in [3.8, 4) is 0 Å². The van der Waals surface area contributed by atoms with E-state index in [0.717, 1.165) is 5.56 Å². The van der Waals surface area contributed by atoms with E-state index in [4.69, 9.17) is 15.2 Å². The normalized spacial score (nSPS) is 13.6. The van der Waals surface area contributed by atoms with Crippen LogP contribution in [-0.4, -0.2) is 42.6 Å². The fourth-order valence-corrected chi connectivity index (χ4v) is 2.76. The Balaban J connectivity index is 2.72. The number of benzene rings is 1. The molecule has 9 nitrogen and oxygen atoms in total. The summed E-state index contributed by atoms with van der Waals surface area (Å²) in [5, 5.41) is 5.05. The molecule has 3 amide bonds. The van der Waals surface area contributed by atoms with Crippen molar-refractivity contribution in [1.29, 1.82) is 0 Å². The summed E-state index contributed by atoms with van der Waals surface area (Å²) in [7, 11) is 0. The molecular formula is C21H31N3O6. The fraction of sp³-hybridized carbons (Fsp3) is 0.524. The van der Waals surface area contributed by atoms with E-state index in [2.05, 4.69) is 10.6 Å². The summed E-state index contributed by atoms with van der Waals surface area (Å²) in [6, 6.07) is 7.06. The zero-order valence-corrected chi connectivity index (χ0v) is 17.8. The number of hydrogen-bond donors (Lipinski definition) is 3. The first-order valence-corrected chi connectivity index (χ1v) is 9.88. The molecule has 1 aromatic rings. The molecule has 0 spiro atoms. The van der Waals surface area contributed by atoms with Gasteiger partial charge in [-0.2, -0.15) is 0 Å². The molecule has 0 saturated carbocycles. The highest BCUT2D eigenvalue weighted by atomic mass is 16.5. The topological polar surface area (TPSA) is 137 Å². The van der Waals surface area contributed by atoms with Crippen LogP contribution in [-0.2, 0) is 30.5 Å². The van der Waals surface area contributed by atoms with Crippen LogP contribution in [0.15, 0.2) is 30.3 Å². The van der Waals surface area contributed by atoms with E-state index in [9.17, 15) is 19.2 Å². The number of carbonyl (C=O) groups is 4. The van der Waals surface area contributed by atoms with Crippen LogP contribution in [0.4, 0.5) is 4.79 Å². The second kappa shape index (κ2) is 12.5. The second-order valence-electron chi connectivity index (χ2n) is 7.30. The molecule has 30 heavy (non-hydrogen) atoms. The summed E-state index contributed by atoms with van der Waals surface area (Å²) in [6.45, 7) is 7.03. The van der Waals surface area contributed by atoms with Crippen molar-refractivity contribution >= 4 is 23.9 Å². The van der Waals surface area contributed by atoms with Gasteiger partial charge in [0.25, 0.3) is 0 Å². The van der Waals surface area contributed by atoms with Gasteiger partial charge >= 0.3 is 12.1 Å². The van der Waals surface area contributed by atoms with Gasteiger partial charge in [-0.3, -0.25) is 14.4 Å². The Morgan fingerprint density at radius 2 is 1.60 bits per heavy atom. The van der Waals surface area contributed by atoms with E-state index >= 15 is 0 Å². The Hall–Kier alpha value is -3.10. The highest BCUT2D eigenvalue weighted by molar-refractivity contribution is 5.91. The molecule has 4 N–H and O–H groups in total. The number of nitrogens with two attached hydrogens (primary N) is 1. The molecule has 0 aliphatic carbocycles. The Morgan fingerprint density at radius 1 is 0.967 bits per heavy atom. The molecule has 0 saturated heterocycles. The van der Waals surface area contributed by atoms with Crippen LogP contribution in [0.25, 0.3) is 0 Å². The highest BCUT2D eigenvalue weighted by Crippen LogP contribution is 2.12. The fourth-order valence-electron chi connectivity index (χ4n) is 2.76. The minimum absolute atomic E-state index is 0.0552. The first-order valence-electron chi connectivity index (χ1n) is 9.88. The maximum atomic E-state index is 12.7. The summed E-state index contributed by atoms with van der Waals surface area (Å²) in [6.07, 6.45) is -0.844. The van der Waals surface area contributed by atoms with E-state index in [-0.39, 0.29) is 25.6 Å². The first-order chi connectivity index (χ1) is 14.1. The van der Waals surface area contributed by atoms with Crippen molar-refractivity contribution in [3.05, 3.63) is 35.9 Å². The molecule has 9 heteroatoms. The monoisotopic (exact) mass is 421 g/mol. The van der Waals surface area contributed by atoms with E-state index in [1.807, 2.05) is 30.3 Å². The quantitative estimate of drug-likeness (QED) is 0.463. The average Bonchev–Trinajstić information content (AvgIpc) is 2.68. The summed E-state index contributed by atoms with van der Waals surface area (Å²) in [5.74, 6) is -2.74. The number of primary amides is 1. The minimum Gasteiger partial charge on any atom is -0.466 e. The minimum atomic E-state index is -1.09. The zero-order valence-electron chi connectivity index (χ0n) is 17.8. The summed E-state index contributed by atoms with van der Waals surface area (Å²) in [4.78, 5) is 48.4. The summed E-state index contributed by atoms with van der Waals surface area (Å²) in [5.41, 5.74) is 6.21. The molecule has 0 aliphatic rings. The number of nitrogens with one attached hydrogen (secondary N) is 2. The smallest absolute Gasteiger partial charge is 0.408 e. The van der Waals surface area contributed by atoms with Crippen molar-refractivity contribution in [1.82, 2.24) is 10.6 Å². The number of ether oxygens (including phenoxy) is 2. The van der Waals surface area contributed by atoms with E-state index < -0.39 is 41.9 Å². The first kappa shape index (κ1) is 24.9. The van der Waals surface area contributed by atoms with Gasteiger partial charge in [0, 0.05) is 0 Å². The van der Waals surface area contributed by atoms with Crippen LogP contribution in [0, 0.1) is 11.8 Å². The number of amides is 3. The molecule has 1 rings (SSSR count). The number of alkyl carbamates (subject to hydrolysis) is 1. The third-order valence-corrected chi connectivity index (χ3v) is 4.40. The van der Waals surface area contributed by atoms with Crippen molar-refractivity contribution < 1.29 is 28.7 Å². The second-order valence-corrected chi connectivity index (χ2v) is 7.30. The number of esters is 1. The molecular weight excluding hydrogens is 390 g/mol. The Labute approximate surface area is 176 Å². The maximum absolute atomic E-state index is 12.7. The van der Waals surface area contributed by atoms with Gasteiger partial charge in [-0.05, 0) is 24.3 Å². The highest BCUT2D eigenvalue weighted by Gasteiger charge is 2.32. The molecule has 0 heterocycles. The molecule has 0 aromatic heterocycles. The summed E-state index contributed by atoms with van der Waals surface area (Å²) >= 11 is 0. The predicted octanol–water partition coefficient (Wildman–Crippen LogP) is 1.50. The molecule has 166 valence electrons. The lowest BCUT2D eigenvalue weighted by atomic mass is 9.96. The standard InChI is InChI=1S/C21H31N3O6/c1-5-29-16(25)11-14(4)18(19(22)26)23-20(27)17(13(2)3)24-21(28)30-12-15-9-7-6-8-10-15/h6-10,13-14,17-18H,5,11-12H2,1-4H3,(H2,22,26)(H,23,27)(H,24,28)/t14-,17-,18+/m1/s1. The molecule has 0 radical (unpaired) electrons. The van der Waals surface area contributed by atoms with Gasteiger partial charge in [0.2, 0.25) is 11.8 Å². The Bertz CT molecular complexity index is 723. The number of carbonyl (C=O) groups excluding carboxylic acids is 4. The third-order valence-electron chi connectivity index (χ3n) is 4.40. The van der Waals surface area contributed by atoms with Crippen LogP contribution in [0.5, 0.6) is 0 Å². The third kappa shape index (κ3) is 8.50. The van der Waals surface area contributed by atoms with Gasteiger partial charge in [0.05, 0.1) is 13.0 Å². The lowest BCUT2D eigenvalue weighted by Crippen LogP contribution is -2.56. The molecule has 0 fully saturated rings. The molecule has 0 bridgehead atoms. The predicted molar refractivity (Wildman–Crippen MR) is 110 cm³/mol. The van der Waals surface area contributed by atoms with Crippen molar-refractivity contribution in [2.24, 2.45) is 17.6 Å². The van der Waals surface area contributed by atoms with Gasteiger partial charge < -0.3 is 25.8 Å². The van der Waals surface area contributed by atoms with Crippen LogP contribution >= 0.6 is 0 Å². The Kier molecular flexibility index (Phi) is 10.4. The maximum Gasteiger partial charge on any atom is 0.408 e. The van der Waals surface area contributed by atoms with E-state index in [1.54, 1.807) is 27.7 Å². The van der Waals surface area contributed by atoms with Crippen LogP contribution in [0.1, 0.15) is 39.7 Å². The lowest BCUT2D eigenvalue weighted by Gasteiger charge is -2.26.